The number of thiophene rings is 1. The fraction of sp³-hybridized carbons (Fsp3) is 0.154. The van der Waals surface area contributed by atoms with Crippen LogP contribution in [0.1, 0.15) is 15.2 Å². The predicted octanol–water partition coefficient (Wildman–Crippen LogP) is 3.50. The zero-order chi connectivity index (χ0) is 14.0. The first-order chi connectivity index (χ1) is 8.99. The van der Waals surface area contributed by atoms with Gasteiger partial charge in [0, 0.05) is 16.4 Å². The van der Waals surface area contributed by atoms with E-state index in [0.29, 0.717) is 16.6 Å². The van der Waals surface area contributed by atoms with Crippen molar-refractivity contribution < 1.29 is 9.18 Å². The molecule has 2 rings (SSSR count). The van der Waals surface area contributed by atoms with Crippen LogP contribution < -0.4 is 5.73 Å². The van der Waals surface area contributed by atoms with Crippen LogP contribution in [0.5, 0.6) is 0 Å². The lowest BCUT2D eigenvalue weighted by Gasteiger charge is -2.17. The summed E-state index contributed by atoms with van der Waals surface area (Å²) >= 11 is 4.77. The van der Waals surface area contributed by atoms with Crippen LogP contribution >= 0.6 is 27.3 Å². The molecule has 0 aliphatic rings. The lowest BCUT2D eigenvalue weighted by Crippen LogP contribution is -2.26. The predicted molar refractivity (Wildman–Crippen MR) is 78.6 cm³/mol. The quantitative estimate of drug-likeness (QED) is 0.867. The highest BCUT2D eigenvalue weighted by Crippen LogP contribution is 2.24. The van der Waals surface area contributed by atoms with E-state index in [1.165, 1.54) is 12.1 Å². The third-order valence-electron chi connectivity index (χ3n) is 2.64. The van der Waals surface area contributed by atoms with Gasteiger partial charge in [-0.05, 0) is 39.5 Å². The minimum Gasteiger partial charge on any atom is -0.396 e. The van der Waals surface area contributed by atoms with Crippen molar-refractivity contribution in [2.45, 2.75) is 6.54 Å². The maximum Gasteiger partial charge on any atom is 0.255 e. The second kappa shape index (κ2) is 5.71. The first kappa shape index (κ1) is 14.0. The molecule has 0 unspecified atom stereocenters. The number of rotatable bonds is 3. The Morgan fingerprint density at radius 1 is 1.53 bits per heavy atom. The highest BCUT2D eigenvalue weighted by molar-refractivity contribution is 9.10. The molecule has 2 N–H and O–H groups in total. The number of carbonyl (C=O) groups excluding carboxylic acids is 1. The summed E-state index contributed by atoms with van der Waals surface area (Å²) in [5, 5.41) is 1.96. The zero-order valence-electron chi connectivity index (χ0n) is 10.2. The standard InChI is InChI=1S/C13H12BrFN2OS/c1-17(7-8-3-2-4-19-8)13(18)9-5-12(16)11(15)6-10(9)14/h2-6H,7,16H2,1H3. The lowest BCUT2D eigenvalue weighted by molar-refractivity contribution is 0.0785. The molecule has 19 heavy (non-hydrogen) atoms. The van der Waals surface area contributed by atoms with Crippen LogP contribution in [0, 0.1) is 5.82 Å². The molecule has 1 heterocycles. The number of amides is 1. The average molecular weight is 343 g/mol. The lowest BCUT2D eigenvalue weighted by atomic mass is 10.1. The molecule has 6 heteroatoms. The molecule has 100 valence electrons. The molecule has 0 spiro atoms. The molecular weight excluding hydrogens is 331 g/mol. The molecule has 2 aromatic rings. The Bertz CT molecular complexity index is 601. The summed E-state index contributed by atoms with van der Waals surface area (Å²) in [5.41, 5.74) is 5.83. The fourth-order valence-electron chi connectivity index (χ4n) is 1.64. The highest BCUT2D eigenvalue weighted by atomic mass is 79.9. The number of hydrogen-bond acceptors (Lipinski definition) is 3. The SMILES string of the molecule is CN(Cc1cccs1)C(=O)c1cc(N)c(F)cc1Br. The van der Waals surface area contributed by atoms with Gasteiger partial charge < -0.3 is 10.6 Å². The minimum absolute atomic E-state index is 0.0314. The van der Waals surface area contributed by atoms with E-state index in [1.54, 1.807) is 23.3 Å². The van der Waals surface area contributed by atoms with Crippen molar-refractivity contribution in [1.29, 1.82) is 0 Å². The van der Waals surface area contributed by atoms with Gasteiger partial charge in [0.2, 0.25) is 0 Å². The van der Waals surface area contributed by atoms with Crippen LogP contribution in [0.2, 0.25) is 0 Å². The monoisotopic (exact) mass is 342 g/mol. The van der Waals surface area contributed by atoms with Gasteiger partial charge in [0.1, 0.15) is 5.82 Å². The summed E-state index contributed by atoms with van der Waals surface area (Å²) < 4.78 is 13.7. The highest BCUT2D eigenvalue weighted by Gasteiger charge is 2.17. The number of nitrogens with two attached hydrogens (primary N) is 1. The maximum absolute atomic E-state index is 13.3. The van der Waals surface area contributed by atoms with E-state index >= 15 is 0 Å². The molecule has 0 aliphatic heterocycles. The van der Waals surface area contributed by atoms with Crippen molar-refractivity contribution in [2.24, 2.45) is 0 Å². The third kappa shape index (κ3) is 3.13. The van der Waals surface area contributed by atoms with E-state index in [9.17, 15) is 9.18 Å². The molecular formula is C13H12BrFN2OS. The van der Waals surface area contributed by atoms with E-state index in [2.05, 4.69) is 15.9 Å². The third-order valence-corrected chi connectivity index (χ3v) is 4.15. The second-order valence-electron chi connectivity index (χ2n) is 4.09. The van der Waals surface area contributed by atoms with Gasteiger partial charge in [-0.2, -0.15) is 0 Å². The van der Waals surface area contributed by atoms with Crippen molar-refractivity contribution in [3.8, 4) is 0 Å². The van der Waals surface area contributed by atoms with Crippen molar-refractivity contribution in [3.63, 3.8) is 0 Å². The largest absolute Gasteiger partial charge is 0.396 e. The van der Waals surface area contributed by atoms with Crippen molar-refractivity contribution in [1.82, 2.24) is 4.90 Å². The average Bonchev–Trinajstić information content (AvgIpc) is 2.85. The summed E-state index contributed by atoms with van der Waals surface area (Å²) in [5.74, 6) is -0.740. The van der Waals surface area contributed by atoms with Crippen molar-refractivity contribution >= 4 is 38.9 Å². The molecule has 1 amide bonds. The molecule has 0 bridgehead atoms. The summed E-state index contributed by atoms with van der Waals surface area (Å²) in [6.45, 7) is 0.514. The Labute approximate surface area is 123 Å². The Balaban J connectivity index is 2.21. The normalized spacial score (nSPS) is 10.5. The second-order valence-corrected chi connectivity index (χ2v) is 5.98. The van der Waals surface area contributed by atoms with E-state index in [1.807, 2.05) is 17.5 Å². The van der Waals surface area contributed by atoms with Crippen LogP contribution in [0.3, 0.4) is 0 Å². The summed E-state index contributed by atoms with van der Waals surface area (Å²) in [4.78, 5) is 14.9. The maximum atomic E-state index is 13.3. The topological polar surface area (TPSA) is 46.3 Å². The Kier molecular flexibility index (Phi) is 4.21. The fourth-order valence-corrected chi connectivity index (χ4v) is 2.89. The smallest absolute Gasteiger partial charge is 0.255 e. The first-order valence-electron chi connectivity index (χ1n) is 5.51. The van der Waals surface area contributed by atoms with Crippen LogP contribution in [-0.2, 0) is 6.54 Å². The molecule has 0 atom stereocenters. The minimum atomic E-state index is -0.538. The molecule has 0 aliphatic carbocycles. The molecule has 1 aromatic heterocycles. The summed E-state index contributed by atoms with van der Waals surface area (Å²) in [6, 6.07) is 6.46. The number of halogens is 2. The van der Waals surface area contributed by atoms with Gasteiger partial charge in [-0.25, -0.2) is 4.39 Å². The van der Waals surface area contributed by atoms with Gasteiger partial charge in [0.15, 0.2) is 0 Å². The Hall–Kier alpha value is -1.40. The van der Waals surface area contributed by atoms with Crippen molar-refractivity contribution in [2.75, 3.05) is 12.8 Å². The zero-order valence-corrected chi connectivity index (χ0v) is 12.6. The van der Waals surface area contributed by atoms with Crippen LogP contribution in [0.4, 0.5) is 10.1 Å². The molecule has 0 saturated heterocycles. The van der Waals surface area contributed by atoms with Gasteiger partial charge in [-0.15, -0.1) is 11.3 Å². The number of carbonyl (C=O) groups is 1. The van der Waals surface area contributed by atoms with E-state index in [-0.39, 0.29) is 11.6 Å². The van der Waals surface area contributed by atoms with Crippen LogP contribution in [0.15, 0.2) is 34.1 Å². The van der Waals surface area contributed by atoms with Crippen LogP contribution in [-0.4, -0.2) is 17.9 Å². The van der Waals surface area contributed by atoms with E-state index < -0.39 is 5.82 Å². The Morgan fingerprint density at radius 3 is 2.89 bits per heavy atom. The molecule has 0 saturated carbocycles. The number of hydrogen-bond donors (Lipinski definition) is 1. The van der Waals surface area contributed by atoms with Gasteiger partial charge in [-0.3, -0.25) is 4.79 Å². The first-order valence-corrected chi connectivity index (χ1v) is 7.18. The van der Waals surface area contributed by atoms with Gasteiger partial charge in [-0.1, -0.05) is 6.07 Å². The van der Waals surface area contributed by atoms with Gasteiger partial charge in [0.25, 0.3) is 5.91 Å². The van der Waals surface area contributed by atoms with E-state index in [0.717, 1.165) is 4.88 Å². The number of nitrogens with zero attached hydrogens (tertiary/aromatic N) is 1. The van der Waals surface area contributed by atoms with Crippen LogP contribution in [0.25, 0.3) is 0 Å². The Morgan fingerprint density at radius 2 is 2.26 bits per heavy atom. The molecule has 3 nitrogen and oxygen atoms in total. The summed E-state index contributed by atoms with van der Waals surface area (Å²) in [6.07, 6.45) is 0. The number of benzene rings is 1. The van der Waals surface area contributed by atoms with E-state index in [4.69, 9.17) is 5.73 Å². The summed E-state index contributed by atoms with van der Waals surface area (Å²) in [7, 11) is 1.70. The van der Waals surface area contributed by atoms with Crippen molar-refractivity contribution in [3.05, 3.63) is 50.4 Å². The van der Waals surface area contributed by atoms with Gasteiger partial charge in [0.05, 0.1) is 17.8 Å². The molecule has 0 fully saturated rings. The molecule has 0 radical (unpaired) electrons. The number of anilines is 1. The molecule has 1 aromatic carbocycles. The number of nitrogen functional groups attached to an aromatic ring is 1. The van der Waals surface area contributed by atoms with Gasteiger partial charge >= 0.3 is 0 Å².